The molecule has 0 atom stereocenters. The van der Waals surface area contributed by atoms with E-state index in [0.717, 1.165) is 5.52 Å². The van der Waals surface area contributed by atoms with Crippen LogP contribution in [0, 0.1) is 13.8 Å². The molecular weight excluding hydrogens is 266 g/mol. The highest BCUT2D eigenvalue weighted by Gasteiger charge is 2.09. The Hall–Kier alpha value is -2.67. The van der Waals surface area contributed by atoms with E-state index < -0.39 is 0 Å². The summed E-state index contributed by atoms with van der Waals surface area (Å²) in [5.41, 5.74) is 6.19. The van der Waals surface area contributed by atoms with Crippen LogP contribution in [0.2, 0.25) is 0 Å². The second-order valence-corrected chi connectivity index (χ2v) is 5.92. The lowest BCUT2D eigenvalue weighted by atomic mass is 9.94. The summed E-state index contributed by atoms with van der Waals surface area (Å²) in [4.78, 5) is 4.64. The Balaban J connectivity index is 2.15. The van der Waals surface area contributed by atoms with Crippen LogP contribution in [0.1, 0.15) is 11.1 Å². The molecule has 0 aliphatic carbocycles. The standard InChI is InChI=1S/C21H17N/c1-14-11-15(2)13-18(12-14)19-7-3-5-16-8-9-17-6-4-10-22-21(17)20(16)19/h3-13H,1-2H3. The summed E-state index contributed by atoms with van der Waals surface area (Å²) in [5.74, 6) is 0. The number of aryl methyl sites for hydroxylation is 2. The van der Waals surface area contributed by atoms with Crippen LogP contribution in [-0.2, 0) is 0 Å². The van der Waals surface area contributed by atoms with Crippen LogP contribution in [0.4, 0.5) is 0 Å². The first-order valence-corrected chi connectivity index (χ1v) is 7.57. The predicted octanol–water partition coefficient (Wildman–Crippen LogP) is 5.67. The fourth-order valence-electron chi connectivity index (χ4n) is 3.28. The summed E-state index contributed by atoms with van der Waals surface area (Å²) in [6, 6.07) is 21.7. The van der Waals surface area contributed by atoms with E-state index >= 15 is 0 Å². The van der Waals surface area contributed by atoms with Crippen LogP contribution in [-0.4, -0.2) is 4.98 Å². The molecule has 0 N–H and O–H groups in total. The Morgan fingerprint density at radius 3 is 2.27 bits per heavy atom. The summed E-state index contributed by atoms with van der Waals surface area (Å²) < 4.78 is 0. The molecule has 4 aromatic rings. The van der Waals surface area contributed by atoms with Crippen LogP contribution in [0.5, 0.6) is 0 Å². The van der Waals surface area contributed by atoms with Gasteiger partial charge in [-0.2, -0.15) is 0 Å². The van der Waals surface area contributed by atoms with Gasteiger partial charge in [0, 0.05) is 17.0 Å². The van der Waals surface area contributed by atoms with E-state index in [1.165, 1.54) is 38.4 Å². The van der Waals surface area contributed by atoms with Gasteiger partial charge in [0.2, 0.25) is 0 Å². The lowest BCUT2D eigenvalue weighted by molar-refractivity contribution is 1.38. The van der Waals surface area contributed by atoms with Crippen molar-refractivity contribution in [3.63, 3.8) is 0 Å². The minimum absolute atomic E-state index is 1.08. The predicted molar refractivity (Wildman–Crippen MR) is 94.2 cm³/mol. The Labute approximate surface area is 130 Å². The van der Waals surface area contributed by atoms with E-state index in [0.29, 0.717) is 0 Å². The maximum atomic E-state index is 4.64. The normalized spacial score (nSPS) is 11.2. The molecule has 1 heteroatoms. The van der Waals surface area contributed by atoms with Crippen LogP contribution < -0.4 is 0 Å². The lowest BCUT2D eigenvalue weighted by Crippen LogP contribution is -1.87. The van der Waals surface area contributed by atoms with Crippen molar-refractivity contribution in [1.82, 2.24) is 4.98 Å². The third-order valence-electron chi connectivity index (χ3n) is 4.15. The Bertz CT molecular complexity index is 979. The molecule has 1 aromatic heterocycles. The monoisotopic (exact) mass is 283 g/mol. The Morgan fingerprint density at radius 2 is 1.45 bits per heavy atom. The first kappa shape index (κ1) is 13.0. The Morgan fingerprint density at radius 1 is 0.727 bits per heavy atom. The number of fused-ring (bicyclic) bond motifs is 3. The van der Waals surface area contributed by atoms with Crippen LogP contribution in [0.15, 0.2) is 66.9 Å². The molecule has 0 spiro atoms. The molecule has 0 unspecified atom stereocenters. The van der Waals surface area contributed by atoms with Gasteiger partial charge in [0.05, 0.1) is 5.52 Å². The molecule has 0 fully saturated rings. The summed E-state index contributed by atoms with van der Waals surface area (Å²) in [7, 11) is 0. The highest BCUT2D eigenvalue weighted by molar-refractivity contribution is 6.12. The van der Waals surface area contributed by atoms with E-state index in [-0.39, 0.29) is 0 Å². The SMILES string of the molecule is Cc1cc(C)cc(-c2cccc3ccc4cccnc4c23)c1. The topological polar surface area (TPSA) is 12.9 Å². The fourth-order valence-corrected chi connectivity index (χ4v) is 3.28. The molecular formula is C21H17N. The smallest absolute Gasteiger partial charge is 0.0786 e. The van der Waals surface area contributed by atoms with Crippen molar-refractivity contribution in [3.05, 3.63) is 78.0 Å². The van der Waals surface area contributed by atoms with Crippen LogP contribution in [0.25, 0.3) is 32.8 Å². The molecule has 0 radical (unpaired) electrons. The van der Waals surface area contributed by atoms with Gasteiger partial charge in [0.25, 0.3) is 0 Å². The van der Waals surface area contributed by atoms with Gasteiger partial charge in [0.15, 0.2) is 0 Å². The van der Waals surface area contributed by atoms with Crippen LogP contribution in [0.3, 0.4) is 0 Å². The van der Waals surface area contributed by atoms with Crippen molar-refractivity contribution in [2.75, 3.05) is 0 Å². The van der Waals surface area contributed by atoms with Gasteiger partial charge in [-0.3, -0.25) is 4.98 Å². The number of pyridine rings is 1. The highest BCUT2D eigenvalue weighted by atomic mass is 14.6. The third kappa shape index (κ3) is 2.06. The quantitative estimate of drug-likeness (QED) is 0.410. The molecule has 0 aliphatic rings. The van der Waals surface area contributed by atoms with Gasteiger partial charge in [-0.1, -0.05) is 65.7 Å². The van der Waals surface area contributed by atoms with Crippen LogP contribution >= 0.6 is 0 Å². The van der Waals surface area contributed by atoms with Gasteiger partial charge < -0.3 is 0 Å². The molecule has 1 nitrogen and oxygen atoms in total. The first-order valence-electron chi connectivity index (χ1n) is 7.57. The summed E-state index contributed by atoms with van der Waals surface area (Å²) in [6.45, 7) is 4.30. The van der Waals surface area contributed by atoms with Crippen molar-refractivity contribution >= 4 is 21.7 Å². The van der Waals surface area contributed by atoms with E-state index in [9.17, 15) is 0 Å². The summed E-state index contributed by atoms with van der Waals surface area (Å²) in [5, 5.41) is 3.67. The lowest BCUT2D eigenvalue weighted by Gasteiger charge is -2.11. The van der Waals surface area contributed by atoms with Crippen molar-refractivity contribution in [3.8, 4) is 11.1 Å². The molecule has 1 heterocycles. The van der Waals surface area contributed by atoms with Crippen molar-refractivity contribution < 1.29 is 0 Å². The summed E-state index contributed by atoms with van der Waals surface area (Å²) in [6.07, 6.45) is 1.88. The molecule has 0 saturated carbocycles. The second kappa shape index (κ2) is 4.96. The molecule has 0 saturated heterocycles. The zero-order valence-corrected chi connectivity index (χ0v) is 12.8. The first-order chi connectivity index (χ1) is 10.7. The zero-order chi connectivity index (χ0) is 15.1. The third-order valence-corrected chi connectivity index (χ3v) is 4.15. The van der Waals surface area contributed by atoms with Crippen molar-refractivity contribution in [2.45, 2.75) is 13.8 Å². The number of nitrogens with zero attached hydrogens (tertiary/aromatic N) is 1. The average Bonchev–Trinajstić information content (AvgIpc) is 2.53. The van der Waals surface area contributed by atoms with Crippen molar-refractivity contribution in [1.29, 1.82) is 0 Å². The number of hydrogen-bond donors (Lipinski definition) is 0. The maximum absolute atomic E-state index is 4.64. The van der Waals surface area contributed by atoms with Crippen molar-refractivity contribution in [2.24, 2.45) is 0 Å². The molecule has 4 rings (SSSR count). The number of benzene rings is 3. The number of hydrogen-bond acceptors (Lipinski definition) is 1. The largest absolute Gasteiger partial charge is 0.256 e. The van der Waals surface area contributed by atoms with Gasteiger partial charge in [-0.25, -0.2) is 0 Å². The fraction of sp³-hybridized carbons (Fsp3) is 0.0952. The highest BCUT2D eigenvalue weighted by Crippen LogP contribution is 2.34. The minimum Gasteiger partial charge on any atom is -0.256 e. The van der Waals surface area contributed by atoms with E-state index in [4.69, 9.17) is 0 Å². The molecule has 3 aromatic carbocycles. The zero-order valence-electron chi connectivity index (χ0n) is 12.8. The molecule has 0 amide bonds. The van der Waals surface area contributed by atoms with Gasteiger partial charge in [-0.05, 0) is 36.4 Å². The molecule has 0 bridgehead atoms. The second-order valence-electron chi connectivity index (χ2n) is 5.92. The van der Waals surface area contributed by atoms with Gasteiger partial charge in [0.1, 0.15) is 0 Å². The number of aromatic nitrogens is 1. The molecule has 0 aliphatic heterocycles. The van der Waals surface area contributed by atoms with Gasteiger partial charge >= 0.3 is 0 Å². The van der Waals surface area contributed by atoms with Gasteiger partial charge in [-0.15, -0.1) is 0 Å². The minimum atomic E-state index is 1.08. The van der Waals surface area contributed by atoms with E-state index in [1.807, 2.05) is 12.3 Å². The molecule has 106 valence electrons. The van der Waals surface area contributed by atoms with E-state index in [2.05, 4.69) is 73.4 Å². The maximum Gasteiger partial charge on any atom is 0.0786 e. The number of rotatable bonds is 1. The van der Waals surface area contributed by atoms with E-state index in [1.54, 1.807) is 0 Å². The Kier molecular flexibility index (Phi) is 2.93. The summed E-state index contributed by atoms with van der Waals surface area (Å²) >= 11 is 0. The average molecular weight is 283 g/mol. The molecule has 22 heavy (non-hydrogen) atoms.